The first kappa shape index (κ1) is 15.6. The van der Waals surface area contributed by atoms with Gasteiger partial charge in [0.15, 0.2) is 0 Å². The van der Waals surface area contributed by atoms with E-state index in [4.69, 9.17) is 0 Å². The molecule has 2 nitrogen and oxygen atoms in total. The molecule has 1 N–H and O–H groups in total. The van der Waals surface area contributed by atoms with Crippen LogP contribution in [0.25, 0.3) is 0 Å². The van der Waals surface area contributed by atoms with Crippen LogP contribution in [0.4, 0.5) is 0 Å². The first-order chi connectivity index (χ1) is 10.1. The number of nitrogens with one attached hydrogen (secondary N) is 1. The van der Waals surface area contributed by atoms with Gasteiger partial charge in [0.2, 0.25) is 5.91 Å². The van der Waals surface area contributed by atoms with E-state index in [9.17, 15) is 4.79 Å². The molecule has 3 heteroatoms. The number of amides is 1. The second-order valence-corrected chi connectivity index (χ2v) is 6.29. The zero-order chi connectivity index (χ0) is 15.2. The second kappa shape index (κ2) is 7.32. The smallest absolute Gasteiger partial charge is 0.230 e. The number of aryl methyl sites for hydroxylation is 3. The van der Waals surface area contributed by atoms with E-state index >= 15 is 0 Å². The molecule has 0 bridgehead atoms. The molecule has 0 saturated carbocycles. The highest BCUT2D eigenvalue weighted by molar-refractivity contribution is 8.00. The zero-order valence-electron chi connectivity index (χ0n) is 12.8. The minimum Gasteiger partial charge on any atom is -0.351 e. The van der Waals surface area contributed by atoms with Gasteiger partial charge < -0.3 is 5.32 Å². The van der Waals surface area contributed by atoms with Gasteiger partial charge in [0.1, 0.15) is 0 Å². The fraction of sp³-hybridized carbons (Fsp3) is 0.278. The van der Waals surface area contributed by atoms with Gasteiger partial charge in [0.05, 0.1) is 5.75 Å². The van der Waals surface area contributed by atoms with E-state index in [1.54, 1.807) is 11.8 Å². The highest BCUT2D eigenvalue weighted by Crippen LogP contribution is 2.20. The fourth-order valence-electron chi connectivity index (χ4n) is 2.01. The average molecular weight is 299 g/mol. The Bertz CT molecular complexity index is 637. The Balaban J connectivity index is 1.82. The summed E-state index contributed by atoms with van der Waals surface area (Å²) >= 11 is 1.58. The molecule has 0 saturated heterocycles. The molecule has 0 unspecified atom stereocenters. The third kappa shape index (κ3) is 4.64. The highest BCUT2D eigenvalue weighted by Gasteiger charge is 2.05. The third-order valence-electron chi connectivity index (χ3n) is 3.59. The van der Waals surface area contributed by atoms with E-state index in [1.165, 1.54) is 22.3 Å². The summed E-state index contributed by atoms with van der Waals surface area (Å²) in [5, 5.41) is 2.98. The highest BCUT2D eigenvalue weighted by atomic mass is 32.2. The zero-order valence-corrected chi connectivity index (χ0v) is 13.6. The Hall–Kier alpha value is -1.74. The molecule has 0 aliphatic rings. The SMILES string of the molecule is Cc1ccc(SCC(=O)NCc2ccccc2C)cc1C. The molecule has 0 aliphatic heterocycles. The van der Waals surface area contributed by atoms with Crippen molar-refractivity contribution in [3.8, 4) is 0 Å². The Morgan fingerprint density at radius 3 is 2.48 bits per heavy atom. The standard InChI is InChI=1S/C18H21NOS/c1-13-8-9-17(10-15(13)3)21-12-18(20)19-11-16-7-5-4-6-14(16)2/h4-10H,11-12H2,1-3H3,(H,19,20). The van der Waals surface area contributed by atoms with Crippen molar-refractivity contribution in [2.24, 2.45) is 0 Å². The molecule has 2 aromatic carbocycles. The molecule has 110 valence electrons. The van der Waals surface area contributed by atoms with Crippen molar-refractivity contribution in [3.63, 3.8) is 0 Å². The van der Waals surface area contributed by atoms with Gasteiger partial charge in [-0.1, -0.05) is 30.3 Å². The maximum absolute atomic E-state index is 11.9. The van der Waals surface area contributed by atoms with Gasteiger partial charge in [-0.2, -0.15) is 0 Å². The maximum atomic E-state index is 11.9. The predicted molar refractivity (Wildman–Crippen MR) is 89.7 cm³/mol. The van der Waals surface area contributed by atoms with Gasteiger partial charge in [0, 0.05) is 11.4 Å². The lowest BCUT2D eigenvalue weighted by Gasteiger charge is -2.08. The fourth-order valence-corrected chi connectivity index (χ4v) is 2.83. The van der Waals surface area contributed by atoms with Crippen LogP contribution in [-0.2, 0) is 11.3 Å². The summed E-state index contributed by atoms with van der Waals surface area (Å²) in [7, 11) is 0. The number of rotatable bonds is 5. The molecule has 2 rings (SSSR count). The molecule has 0 atom stereocenters. The Morgan fingerprint density at radius 2 is 1.76 bits per heavy atom. The number of hydrogen-bond acceptors (Lipinski definition) is 2. The molecule has 2 aromatic rings. The van der Waals surface area contributed by atoms with Gasteiger partial charge >= 0.3 is 0 Å². The van der Waals surface area contributed by atoms with Crippen LogP contribution in [0.3, 0.4) is 0 Å². The summed E-state index contributed by atoms with van der Waals surface area (Å²) in [6, 6.07) is 14.4. The second-order valence-electron chi connectivity index (χ2n) is 5.24. The number of benzene rings is 2. The van der Waals surface area contributed by atoms with Crippen LogP contribution in [0.2, 0.25) is 0 Å². The summed E-state index contributed by atoms with van der Waals surface area (Å²) in [6.07, 6.45) is 0. The van der Waals surface area contributed by atoms with E-state index < -0.39 is 0 Å². The van der Waals surface area contributed by atoms with E-state index in [0.717, 1.165) is 4.90 Å². The lowest BCUT2D eigenvalue weighted by molar-refractivity contribution is -0.118. The van der Waals surface area contributed by atoms with Crippen LogP contribution >= 0.6 is 11.8 Å². The van der Waals surface area contributed by atoms with Crippen molar-refractivity contribution in [1.29, 1.82) is 0 Å². The van der Waals surface area contributed by atoms with Crippen molar-refractivity contribution < 1.29 is 4.79 Å². The van der Waals surface area contributed by atoms with Gasteiger partial charge in [-0.05, 0) is 55.2 Å². The number of hydrogen-bond donors (Lipinski definition) is 1. The molecule has 0 heterocycles. The van der Waals surface area contributed by atoms with Crippen molar-refractivity contribution in [2.45, 2.75) is 32.2 Å². The first-order valence-corrected chi connectivity index (χ1v) is 8.06. The van der Waals surface area contributed by atoms with E-state index in [0.29, 0.717) is 12.3 Å². The quantitative estimate of drug-likeness (QED) is 0.845. The molecule has 21 heavy (non-hydrogen) atoms. The van der Waals surface area contributed by atoms with Gasteiger partial charge in [-0.3, -0.25) is 4.79 Å². The molecular weight excluding hydrogens is 278 g/mol. The molecule has 0 radical (unpaired) electrons. The number of thioether (sulfide) groups is 1. The van der Waals surface area contributed by atoms with Crippen LogP contribution in [0.1, 0.15) is 22.3 Å². The lowest BCUT2D eigenvalue weighted by atomic mass is 10.1. The Labute approximate surface area is 131 Å². The van der Waals surface area contributed by atoms with Crippen LogP contribution in [-0.4, -0.2) is 11.7 Å². The molecule has 0 aromatic heterocycles. The van der Waals surface area contributed by atoms with Crippen molar-refractivity contribution in [2.75, 3.05) is 5.75 Å². The summed E-state index contributed by atoms with van der Waals surface area (Å²) in [6.45, 7) is 6.85. The van der Waals surface area contributed by atoms with Crippen LogP contribution in [0.5, 0.6) is 0 Å². The maximum Gasteiger partial charge on any atom is 0.230 e. The van der Waals surface area contributed by atoms with E-state index in [-0.39, 0.29) is 5.91 Å². The topological polar surface area (TPSA) is 29.1 Å². The summed E-state index contributed by atoms with van der Waals surface area (Å²) in [5.41, 5.74) is 4.92. The van der Waals surface area contributed by atoms with Crippen molar-refractivity contribution in [1.82, 2.24) is 5.32 Å². The lowest BCUT2D eigenvalue weighted by Crippen LogP contribution is -2.24. The van der Waals surface area contributed by atoms with E-state index in [1.807, 2.05) is 18.2 Å². The van der Waals surface area contributed by atoms with Crippen molar-refractivity contribution in [3.05, 3.63) is 64.7 Å². The average Bonchev–Trinajstić information content (AvgIpc) is 2.47. The minimum absolute atomic E-state index is 0.0708. The molecule has 0 spiro atoms. The molecular formula is C18H21NOS. The minimum atomic E-state index is 0.0708. The number of carbonyl (C=O) groups is 1. The van der Waals surface area contributed by atoms with Gasteiger partial charge in [-0.15, -0.1) is 11.8 Å². The molecule has 1 amide bonds. The van der Waals surface area contributed by atoms with Crippen molar-refractivity contribution >= 4 is 17.7 Å². The van der Waals surface area contributed by atoms with Gasteiger partial charge in [0.25, 0.3) is 0 Å². The largest absolute Gasteiger partial charge is 0.351 e. The van der Waals surface area contributed by atoms with Crippen LogP contribution in [0, 0.1) is 20.8 Å². The van der Waals surface area contributed by atoms with Crippen LogP contribution in [0.15, 0.2) is 47.4 Å². The Kier molecular flexibility index (Phi) is 5.45. The molecule has 0 fully saturated rings. The normalized spacial score (nSPS) is 10.4. The third-order valence-corrected chi connectivity index (χ3v) is 4.58. The summed E-state index contributed by atoms with van der Waals surface area (Å²) in [5.74, 6) is 0.524. The van der Waals surface area contributed by atoms with Gasteiger partial charge in [-0.25, -0.2) is 0 Å². The Morgan fingerprint density at radius 1 is 1.00 bits per heavy atom. The summed E-state index contributed by atoms with van der Waals surface area (Å²) < 4.78 is 0. The van der Waals surface area contributed by atoms with Crippen LogP contribution < -0.4 is 5.32 Å². The summed E-state index contributed by atoms with van der Waals surface area (Å²) in [4.78, 5) is 13.1. The molecule has 0 aliphatic carbocycles. The predicted octanol–water partition coefficient (Wildman–Crippen LogP) is 4.02. The van der Waals surface area contributed by atoms with E-state index in [2.05, 4.69) is 50.4 Å². The monoisotopic (exact) mass is 299 g/mol. The number of carbonyl (C=O) groups excluding carboxylic acids is 1. The first-order valence-electron chi connectivity index (χ1n) is 7.07.